The minimum atomic E-state index is -0.264. The normalized spacial score (nSPS) is 19.9. The SMILES string of the molecule is COc1ccc(F)cc1CN1CCN(C(=O)NC2CCCc3occc32)CC1. The van der Waals surface area contributed by atoms with Crippen molar-refractivity contribution in [3.05, 3.63) is 53.2 Å². The van der Waals surface area contributed by atoms with E-state index in [2.05, 4.69) is 10.2 Å². The Balaban J connectivity index is 1.31. The van der Waals surface area contributed by atoms with E-state index in [0.717, 1.165) is 49.2 Å². The highest BCUT2D eigenvalue weighted by atomic mass is 19.1. The molecule has 4 rings (SSSR count). The van der Waals surface area contributed by atoms with E-state index in [-0.39, 0.29) is 17.9 Å². The van der Waals surface area contributed by atoms with Crippen molar-refractivity contribution < 1.29 is 18.3 Å². The van der Waals surface area contributed by atoms with Gasteiger partial charge in [0.1, 0.15) is 17.3 Å². The molecule has 1 unspecified atom stereocenters. The number of carbonyl (C=O) groups excluding carboxylic acids is 1. The van der Waals surface area contributed by atoms with Crippen molar-refractivity contribution in [1.82, 2.24) is 15.1 Å². The zero-order valence-electron chi connectivity index (χ0n) is 16.1. The van der Waals surface area contributed by atoms with Crippen LogP contribution in [-0.2, 0) is 13.0 Å². The molecule has 0 spiro atoms. The predicted molar refractivity (Wildman–Crippen MR) is 103 cm³/mol. The van der Waals surface area contributed by atoms with Crippen LogP contribution in [0, 0.1) is 5.82 Å². The number of nitrogens with zero attached hydrogens (tertiary/aromatic N) is 2. The molecular formula is C21H26FN3O3. The molecule has 1 atom stereocenters. The molecule has 1 aromatic carbocycles. The summed E-state index contributed by atoms with van der Waals surface area (Å²) in [5.41, 5.74) is 1.94. The number of rotatable bonds is 4. The number of amides is 2. The fourth-order valence-corrected chi connectivity index (χ4v) is 4.10. The third kappa shape index (κ3) is 3.99. The third-order valence-electron chi connectivity index (χ3n) is 5.65. The van der Waals surface area contributed by atoms with Crippen LogP contribution in [0.1, 0.15) is 35.8 Å². The predicted octanol–water partition coefficient (Wildman–Crippen LogP) is 3.33. The van der Waals surface area contributed by atoms with E-state index in [9.17, 15) is 9.18 Å². The number of urea groups is 1. The zero-order valence-corrected chi connectivity index (χ0v) is 16.1. The number of hydrogen-bond donors (Lipinski definition) is 1. The molecular weight excluding hydrogens is 361 g/mol. The molecule has 6 nitrogen and oxygen atoms in total. The zero-order chi connectivity index (χ0) is 19.5. The lowest BCUT2D eigenvalue weighted by atomic mass is 9.93. The number of nitrogens with one attached hydrogen (secondary N) is 1. The van der Waals surface area contributed by atoms with Crippen LogP contribution in [0.5, 0.6) is 5.75 Å². The van der Waals surface area contributed by atoms with Crippen molar-refractivity contribution in [2.24, 2.45) is 0 Å². The van der Waals surface area contributed by atoms with Crippen molar-refractivity contribution in [3.63, 3.8) is 0 Å². The van der Waals surface area contributed by atoms with E-state index >= 15 is 0 Å². The topological polar surface area (TPSA) is 58.0 Å². The number of fused-ring (bicyclic) bond motifs is 1. The summed E-state index contributed by atoms with van der Waals surface area (Å²) < 4.78 is 24.4. The molecule has 0 radical (unpaired) electrons. The quantitative estimate of drug-likeness (QED) is 0.874. The number of piperazine rings is 1. The second-order valence-electron chi connectivity index (χ2n) is 7.41. The number of ether oxygens (including phenoxy) is 1. The van der Waals surface area contributed by atoms with Gasteiger partial charge in [-0.25, -0.2) is 9.18 Å². The van der Waals surface area contributed by atoms with Crippen LogP contribution in [-0.4, -0.2) is 49.1 Å². The highest BCUT2D eigenvalue weighted by Gasteiger charge is 2.27. The van der Waals surface area contributed by atoms with Gasteiger partial charge in [-0.1, -0.05) is 0 Å². The van der Waals surface area contributed by atoms with E-state index in [4.69, 9.17) is 9.15 Å². The Kier molecular flexibility index (Phi) is 5.52. The van der Waals surface area contributed by atoms with Crippen molar-refractivity contribution in [3.8, 4) is 5.75 Å². The number of carbonyl (C=O) groups is 1. The summed E-state index contributed by atoms with van der Waals surface area (Å²) in [6, 6.07) is 6.55. The van der Waals surface area contributed by atoms with Crippen LogP contribution in [0.2, 0.25) is 0 Å². The third-order valence-corrected chi connectivity index (χ3v) is 5.65. The van der Waals surface area contributed by atoms with Crippen LogP contribution >= 0.6 is 0 Å². The van der Waals surface area contributed by atoms with Gasteiger partial charge in [0.15, 0.2) is 0 Å². The molecule has 1 aromatic heterocycles. The Labute approximate surface area is 164 Å². The summed E-state index contributed by atoms with van der Waals surface area (Å²) >= 11 is 0. The van der Waals surface area contributed by atoms with Crippen LogP contribution < -0.4 is 10.1 Å². The standard InChI is InChI=1S/C21H26FN3O3/c1-27-19-6-5-16(22)13-15(19)14-24-8-10-25(11-9-24)21(26)23-18-3-2-4-20-17(18)7-12-28-20/h5-7,12-13,18H,2-4,8-11,14H2,1H3,(H,23,26). The van der Waals surface area contributed by atoms with E-state index in [1.807, 2.05) is 11.0 Å². The molecule has 0 saturated carbocycles. The minimum Gasteiger partial charge on any atom is -0.496 e. The van der Waals surface area contributed by atoms with Gasteiger partial charge in [-0.05, 0) is 37.1 Å². The first-order valence-corrected chi connectivity index (χ1v) is 9.80. The van der Waals surface area contributed by atoms with Gasteiger partial charge in [0.25, 0.3) is 0 Å². The summed E-state index contributed by atoms with van der Waals surface area (Å²) in [6.45, 7) is 3.39. The maximum atomic E-state index is 13.6. The number of halogens is 1. The summed E-state index contributed by atoms with van der Waals surface area (Å²) in [6.07, 6.45) is 4.61. The maximum absolute atomic E-state index is 13.6. The Bertz CT molecular complexity index is 830. The van der Waals surface area contributed by atoms with Gasteiger partial charge in [0.2, 0.25) is 0 Å². The lowest BCUT2D eigenvalue weighted by Crippen LogP contribution is -2.52. The van der Waals surface area contributed by atoms with E-state index in [0.29, 0.717) is 25.4 Å². The first-order valence-electron chi connectivity index (χ1n) is 9.80. The molecule has 0 bridgehead atoms. The van der Waals surface area contributed by atoms with Gasteiger partial charge in [0.05, 0.1) is 19.4 Å². The Morgan fingerprint density at radius 3 is 2.89 bits per heavy atom. The number of methoxy groups -OCH3 is 1. The molecule has 2 heterocycles. The Morgan fingerprint density at radius 1 is 1.29 bits per heavy atom. The van der Waals surface area contributed by atoms with Gasteiger partial charge in [-0.15, -0.1) is 0 Å². The van der Waals surface area contributed by atoms with Crippen molar-refractivity contribution >= 4 is 6.03 Å². The van der Waals surface area contributed by atoms with E-state index in [1.54, 1.807) is 19.4 Å². The Morgan fingerprint density at radius 2 is 2.11 bits per heavy atom. The van der Waals surface area contributed by atoms with Gasteiger partial charge < -0.3 is 19.4 Å². The smallest absolute Gasteiger partial charge is 0.317 e. The first-order chi connectivity index (χ1) is 13.6. The van der Waals surface area contributed by atoms with Crippen LogP contribution in [0.15, 0.2) is 34.9 Å². The minimum absolute atomic E-state index is 0.0259. The highest BCUT2D eigenvalue weighted by Crippen LogP contribution is 2.30. The number of aryl methyl sites for hydroxylation is 1. The molecule has 2 amide bonds. The molecule has 28 heavy (non-hydrogen) atoms. The maximum Gasteiger partial charge on any atom is 0.317 e. The average molecular weight is 387 g/mol. The molecule has 1 aliphatic carbocycles. The molecule has 2 aromatic rings. The second kappa shape index (κ2) is 8.22. The van der Waals surface area contributed by atoms with Crippen molar-refractivity contribution in [2.75, 3.05) is 33.3 Å². The van der Waals surface area contributed by atoms with Gasteiger partial charge >= 0.3 is 6.03 Å². The summed E-state index contributed by atoms with van der Waals surface area (Å²) in [4.78, 5) is 16.8. The molecule has 150 valence electrons. The van der Waals surface area contributed by atoms with Crippen molar-refractivity contribution in [1.29, 1.82) is 0 Å². The number of benzene rings is 1. The molecule has 7 heteroatoms. The summed E-state index contributed by atoms with van der Waals surface area (Å²) in [7, 11) is 1.59. The molecule has 1 N–H and O–H groups in total. The fourth-order valence-electron chi connectivity index (χ4n) is 4.10. The second-order valence-corrected chi connectivity index (χ2v) is 7.41. The van der Waals surface area contributed by atoms with Gasteiger partial charge in [0, 0.05) is 50.3 Å². The molecule has 1 saturated heterocycles. The van der Waals surface area contributed by atoms with Gasteiger partial charge in [-0.2, -0.15) is 0 Å². The average Bonchev–Trinajstić information content (AvgIpc) is 3.19. The van der Waals surface area contributed by atoms with Crippen molar-refractivity contribution in [2.45, 2.75) is 31.8 Å². The summed E-state index contributed by atoms with van der Waals surface area (Å²) in [5, 5.41) is 3.16. The van der Waals surface area contributed by atoms with Gasteiger partial charge in [-0.3, -0.25) is 4.90 Å². The first kappa shape index (κ1) is 18.8. The number of furan rings is 1. The highest BCUT2D eigenvalue weighted by molar-refractivity contribution is 5.75. The summed E-state index contributed by atoms with van der Waals surface area (Å²) in [5.74, 6) is 1.42. The Hall–Kier alpha value is -2.54. The molecule has 1 aliphatic heterocycles. The molecule has 2 aliphatic rings. The van der Waals surface area contributed by atoms with Crippen LogP contribution in [0.25, 0.3) is 0 Å². The lowest BCUT2D eigenvalue weighted by Gasteiger charge is -2.36. The largest absolute Gasteiger partial charge is 0.496 e. The van der Waals surface area contributed by atoms with E-state index < -0.39 is 0 Å². The fraction of sp³-hybridized carbons (Fsp3) is 0.476. The van der Waals surface area contributed by atoms with Crippen LogP contribution in [0.4, 0.5) is 9.18 Å². The number of hydrogen-bond acceptors (Lipinski definition) is 4. The van der Waals surface area contributed by atoms with Crippen LogP contribution in [0.3, 0.4) is 0 Å². The molecule has 1 fully saturated rings. The van der Waals surface area contributed by atoms with E-state index in [1.165, 1.54) is 12.1 Å². The monoisotopic (exact) mass is 387 g/mol. The lowest BCUT2D eigenvalue weighted by molar-refractivity contribution is 0.132.